The summed E-state index contributed by atoms with van der Waals surface area (Å²) < 4.78 is 26.9. The highest BCUT2D eigenvalue weighted by atomic mass is 35.5. The number of benzene rings is 2. The van der Waals surface area contributed by atoms with Crippen LogP contribution in [0.5, 0.6) is 11.5 Å². The first-order chi connectivity index (χ1) is 8.40. The number of halogens is 4. The maximum Gasteiger partial charge on any atom is 0.143 e. The quantitative estimate of drug-likeness (QED) is 0.828. The second-order valence-corrected chi connectivity index (χ2v) is 4.26. The van der Waals surface area contributed by atoms with Crippen molar-refractivity contribution < 1.29 is 19.0 Å². The average Bonchev–Trinajstić information content (AvgIpc) is 2.23. The first-order valence-corrected chi connectivity index (χ1v) is 5.44. The van der Waals surface area contributed by atoms with Crippen molar-refractivity contribution in [2.75, 3.05) is 0 Å². The van der Waals surface area contributed by atoms with Gasteiger partial charge in [-0.25, -0.2) is 8.78 Å². The molecule has 0 fully saturated rings. The van der Waals surface area contributed by atoms with Gasteiger partial charge >= 0.3 is 0 Å². The Hall–Kier alpha value is -1.52. The smallest absolute Gasteiger partial charge is 0.143 e. The van der Waals surface area contributed by atoms with Gasteiger partial charge in [-0.3, -0.25) is 0 Å². The van der Waals surface area contributed by atoms with Gasteiger partial charge in [0.15, 0.2) is 0 Å². The van der Waals surface area contributed by atoms with Crippen LogP contribution in [0.4, 0.5) is 8.78 Å². The lowest BCUT2D eigenvalue weighted by Gasteiger charge is -2.10. The summed E-state index contributed by atoms with van der Waals surface area (Å²) >= 11 is 11.3. The predicted molar refractivity (Wildman–Crippen MR) is 64.0 cm³/mol. The van der Waals surface area contributed by atoms with Gasteiger partial charge in [0.2, 0.25) is 0 Å². The Balaban J connectivity index is 2.77. The molecule has 2 nitrogen and oxygen atoms in total. The van der Waals surface area contributed by atoms with Crippen LogP contribution in [0.25, 0.3) is 11.1 Å². The minimum absolute atomic E-state index is 0.176. The Morgan fingerprint density at radius 3 is 2.33 bits per heavy atom. The standard InChI is InChI=1S/C12H5Cl2F2O2/c13-8-3-6(17)4-10(16)11(8)7-1-5(15)2-9(14)12(7)18/h1,3-4,17-18H. The van der Waals surface area contributed by atoms with E-state index < -0.39 is 17.4 Å². The van der Waals surface area contributed by atoms with Crippen LogP contribution in [0.3, 0.4) is 0 Å². The molecular weight excluding hydrogens is 285 g/mol. The minimum atomic E-state index is -0.906. The van der Waals surface area contributed by atoms with Gasteiger partial charge in [-0.05, 0) is 12.1 Å². The predicted octanol–water partition coefficient (Wildman–Crippen LogP) is 4.15. The zero-order valence-corrected chi connectivity index (χ0v) is 10.2. The third-order valence-corrected chi connectivity index (χ3v) is 2.83. The molecule has 0 aliphatic heterocycles. The zero-order valence-electron chi connectivity index (χ0n) is 8.64. The fourth-order valence-electron chi connectivity index (χ4n) is 1.52. The Morgan fingerprint density at radius 2 is 1.72 bits per heavy atom. The Labute approximate surface area is 111 Å². The van der Waals surface area contributed by atoms with Crippen molar-refractivity contribution in [1.29, 1.82) is 0 Å². The van der Waals surface area contributed by atoms with Crippen molar-refractivity contribution in [2.24, 2.45) is 0 Å². The third kappa shape index (κ3) is 2.21. The van der Waals surface area contributed by atoms with Gasteiger partial charge < -0.3 is 10.2 Å². The molecule has 93 valence electrons. The van der Waals surface area contributed by atoms with Crippen LogP contribution in [0, 0.1) is 17.7 Å². The van der Waals surface area contributed by atoms with E-state index in [1.165, 1.54) is 0 Å². The number of phenols is 2. The highest BCUT2D eigenvalue weighted by molar-refractivity contribution is 6.34. The molecule has 0 saturated carbocycles. The number of phenolic OH excluding ortho intramolecular Hbond substituents is 2. The molecule has 0 spiro atoms. The maximum absolute atomic E-state index is 13.7. The van der Waals surface area contributed by atoms with Gasteiger partial charge in [-0.1, -0.05) is 23.2 Å². The van der Waals surface area contributed by atoms with Gasteiger partial charge in [-0.15, -0.1) is 0 Å². The lowest BCUT2D eigenvalue weighted by atomic mass is 10.0. The average molecular weight is 290 g/mol. The summed E-state index contributed by atoms with van der Waals surface area (Å²) in [5, 5.41) is 18.3. The first-order valence-electron chi connectivity index (χ1n) is 4.69. The molecule has 6 heteroatoms. The number of aromatic hydroxyl groups is 2. The van der Waals surface area contributed by atoms with Crippen molar-refractivity contribution in [3.05, 3.63) is 45.9 Å². The largest absolute Gasteiger partial charge is 0.508 e. The molecule has 0 aromatic heterocycles. The summed E-state index contributed by atoms with van der Waals surface area (Å²) in [7, 11) is 0. The summed E-state index contributed by atoms with van der Waals surface area (Å²) in [6.45, 7) is 0. The van der Waals surface area contributed by atoms with Gasteiger partial charge in [0.25, 0.3) is 0 Å². The second-order valence-electron chi connectivity index (χ2n) is 3.48. The molecule has 0 unspecified atom stereocenters. The van der Waals surface area contributed by atoms with Crippen molar-refractivity contribution in [3.63, 3.8) is 0 Å². The van der Waals surface area contributed by atoms with E-state index in [1.54, 1.807) is 0 Å². The van der Waals surface area contributed by atoms with Crippen LogP contribution >= 0.6 is 23.2 Å². The van der Waals surface area contributed by atoms with E-state index in [4.69, 9.17) is 28.3 Å². The van der Waals surface area contributed by atoms with E-state index in [0.29, 0.717) is 0 Å². The highest BCUT2D eigenvalue weighted by Gasteiger charge is 2.18. The SMILES string of the molecule is Oc1cc(F)c(-c2cc(F)[c]c(Cl)c2O)c(Cl)c1. The molecule has 2 rings (SSSR count). The van der Waals surface area contributed by atoms with Crippen LogP contribution < -0.4 is 0 Å². The fourth-order valence-corrected chi connectivity index (χ4v) is 2.02. The summed E-state index contributed by atoms with van der Waals surface area (Å²) in [6, 6.07) is 4.75. The topological polar surface area (TPSA) is 40.5 Å². The Kier molecular flexibility index (Phi) is 3.32. The molecule has 0 aliphatic rings. The molecule has 0 amide bonds. The van der Waals surface area contributed by atoms with Crippen LogP contribution in [0.1, 0.15) is 0 Å². The summed E-state index contributed by atoms with van der Waals surface area (Å²) in [5.74, 6) is -2.69. The van der Waals surface area contributed by atoms with Crippen molar-refractivity contribution in [3.8, 4) is 22.6 Å². The summed E-state index contributed by atoms with van der Waals surface area (Å²) in [5.41, 5.74) is -0.458. The monoisotopic (exact) mass is 289 g/mol. The van der Waals surface area contributed by atoms with Gasteiger partial charge in [0.05, 0.1) is 10.0 Å². The van der Waals surface area contributed by atoms with E-state index in [9.17, 15) is 13.9 Å². The Bertz CT molecular complexity index is 607. The van der Waals surface area contributed by atoms with Crippen LogP contribution in [-0.2, 0) is 0 Å². The molecule has 1 radical (unpaired) electrons. The van der Waals surface area contributed by atoms with Crippen LogP contribution in [0.2, 0.25) is 10.0 Å². The molecule has 0 heterocycles. The van der Waals surface area contributed by atoms with Crippen LogP contribution in [0.15, 0.2) is 18.2 Å². The molecule has 2 aromatic rings. The van der Waals surface area contributed by atoms with E-state index in [-0.39, 0.29) is 26.9 Å². The van der Waals surface area contributed by atoms with Gasteiger partial charge in [-0.2, -0.15) is 0 Å². The van der Waals surface area contributed by atoms with Gasteiger partial charge in [0.1, 0.15) is 23.1 Å². The molecule has 18 heavy (non-hydrogen) atoms. The van der Waals surface area contributed by atoms with Crippen molar-refractivity contribution in [1.82, 2.24) is 0 Å². The van der Waals surface area contributed by atoms with Crippen LogP contribution in [-0.4, -0.2) is 10.2 Å². The molecule has 0 bridgehead atoms. The molecular formula is C12H5Cl2F2O2. The molecule has 0 aliphatic carbocycles. The fraction of sp³-hybridized carbons (Fsp3) is 0. The number of rotatable bonds is 1. The van der Waals surface area contributed by atoms with E-state index in [2.05, 4.69) is 0 Å². The lowest BCUT2D eigenvalue weighted by Crippen LogP contribution is -1.89. The van der Waals surface area contributed by atoms with Gasteiger partial charge in [0, 0.05) is 23.3 Å². The zero-order chi connectivity index (χ0) is 13.4. The third-order valence-electron chi connectivity index (χ3n) is 2.26. The summed E-state index contributed by atoms with van der Waals surface area (Å²) in [4.78, 5) is 0. The van der Waals surface area contributed by atoms with Crippen molar-refractivity contribution >= 4 is 23.2 Å². The normalized spacial score (nSPS) is 10.7. The number of hydrogen-bond donors (Lipinski definition) is 2. The second kappa shape index (κ2) is 4.63. The minimum Gasteiger partial charge on any atom is -0.508 e. The van der Waals surface area contributed by atoms with E-state index in [1.807, 2.05) is 6.07 Å². The summed E-state index contributed by atoms with van der Waals surface area (Å²) in [6.07, 6.45) is 0. The lowest BCUT2D eigenvalue weighted by molar-refractivity contribution is 0.467. The maximum atomic E-state index is 13.7. The molecule has 0 saturated heterocycles. The van der Waals surface area contributed by atoms with Crippen molar-refractivity contribution in [2.45, 2.75) is 0 Å². The molecule has 2 aromatic carbocycles. The molecule has 2 N–H and O–H groups in total. The Morgan fingerprint density at radius 1 is 1.06 bits per heavy atom. The first kappa shape index (κ1) is 12.9. The number of hydrogen-bond acceptors (Lipinski definition) is 2. The highest BCUT2D eigenvalue weighted by Crippen LogP contribution is 2.41. The molecule has 0 atom stereocenters. The van der Waals surface area contributed by atoms with E-state index in [0.717, 1.165) is 18.2 Å². The van der Waals surface area contributed by atoms with E-state index >= 15 is 0 Å².